The topological polar surface area (TPSA) is 82.9 Å². The van der Waals surface area contributed by atoms with Crippen LogP contribution < -0.4 is 15.4 Å². The van der Waals surface area contributed by atoms with Crippen molar-refractivity contribution in [2.45, 2.75) is 13.5 Å². The number of fused-ring (bicyclic) bond motifs is 1. The van der Waals surface area contributed by atoms with Gasteiger partial charge in [-0.25, -0.2) is 15.0 Å². The van der Waals surface area contributed by atoms with Crippen molar-refractivity contribution in [3.05, 3.63) is 41.2 Å². The predicted molar refractivity (Wildman–Crippen MR) is 92.5 cm³/mol. The van der Waals surface area contributed by atoms with Crippen molar-refractivity contribution in [1.82, 2.24) is 24.5 Å². The number of rotatable bonds is 3. The highest BCUT2D eigenvalue weighted by molar-refractivity contribution is 5.83. The van der Waals surface area contributed by atoms with Crippen molar-refractivity contribution in [3.63, 3.8) is 0 Å². The summed E-state index contributed by atoms with van der Waals surface area (Å²) in [6, 6.07) is 5.25. The van der Waals surface area contributed by atoms with Gasteiger partial charge in [0.15, 0.2) is 17.0 Å². The van der Waals surface area contributed by atoms with Gasteiger partial charge < -0.3 is 19.4 Å². The van der Waals surface area contributed by atoms with Gasteiger partial charge in [-0.2, -0.15) is 0 Å². The van der Waals surface area contributed by atoms with Gasteiger partial charge in [0.25, 0.3) is 0 Å². The summed E-state index contributed by atoms with van der Waals surface area (Å²) in [6.07, 6.45) is 3.42. The summed E-state index contributed by atoms with van der Waals surface area (Å²) in [7, 11) is 0. The molecular formula is C16H19N7O. The third kappa shape index (κ3) is 2.49. The van der Waals surface area contributed by atoms with Crippen LogP contribution in [0.5, 0.6) is 0 Å². The number of aromatic amines is 1. The van der Waals surface area contributed by atoms with Gasteiger partial charge in [0, 0.05) is 38.8 Å². The van der Waals surface area contributed by atoms with E-state index in [9.17, 15) is 4.79 Å². The van der Waals surface area contributed by atoms with Crippen LogP contribution in [0.2, 0.25) is 0 Å². The molecule has 124 valence electrons. The third-order valence-corrected chi connectivity index (χ3v) is 4.40. The second-order valence-corrected chi connectivity index (χ2v) is 5.77. The number of aromatic nitrogens is 5. The lowest BCUT2D eigenvalue weighted by Crippen LogP contribution is -2.47. The van der Waals surface area contributed by atoms with Gasteiger partial charge >= 0.3 is 0 Å². The highest BCUT2D eigenvalue weighted by Gasteiger charge is 2.22. The van der Waals surface area contributed by atoms with Gasteiger partial charge in [-0.15, -0.1) is 0 Å². The van der Waals surface area contributed by atoms with Gasteiger partial charge in [-0.1, -0.05) is 6.07 Å². The van der Waals surface area contributed by atoms with E-state index < -0.39 is 0 Å². The van der Waals surface area contributed by atoms with Crippen molar-refractivity contribution >= 4 is 22.8 Å². The minimum absolute atomic E-state index is 0.0717. The van der Waals surface area contributed by atoms with Crippen LogP contribution in [0.15, 0.2) is 35.6 Å². The minimum atomic E-state index is -0.0717. The largest absolute Gasteiger partial charge is 0.355 e. The second kappa shape index (κ2) is 5.95. The number of piperazine rings is 1. The predicted octanol–water partition coefficient (Wildman–Crippen LogP) is 0.861. The summed E-state index contributed by atoms with van der Waals surface area (Å²) in [5.41, 5.74) is 1.65. The Morgan fingerprint density at radius 1 is 1.08 bits per heavy atom. The van der Waals surface area contributed by atoms with E-state index in [2.05, 4.69) is 36.7 Å². The summed E-state index contributed by atoms with van der Waals surface area (Å²) in [5.74, 6) is 1.75. The Kier molecular flexibility index (Phi) is 3.64. The zero-order chi connectivity index (χ0) is 16.5. The van der Waals surface area contributed by atoms with Crippen molar-refractivity contribution in [2.24, 2.45) is 0 Å². The van der Waals surface area contributed by atoms with Gasteiger partial charge in [-0.3, -0.25) is 4.79 Å². The average molecular weight is 325 g/mol. The summed E-state index contributed by atoms with van der Waals surface area (Å²) in [6.45, 7) is 6.19. The highest BCUT2D eigenvalue weighted by atomic mass is 16.1. The number of nitrogens with one attached hydrogen (secondary N) is 1. The number of pyridine rings is 1. The molecule has 0 aromatic carbocycles. The fourth-order valence-corrected chi connectivity index (χ4v) is 3.11. The molecule has 0 saturated carbocycles. The summed E-state index contributed by atoms with van der Waals surface area (Å²) >= 11 is 0. The maximum atomic E-state index is 11.5. The van der Waals surface area contributed by atoms with E-state index in [4.69, 9.17) is 0 Å². The first kappa shape index (κ1) is 14.7. The van der Waals surface area contributed by atoms with E-state index in [-0.39, 0.29) is 5.56 Å². The SMILES string of the molecule is CCn1cnc2c(N3CCN(c4cccc(=O)[nH]4)CC3)ncnc21. The molecule has 1 fully saturated rings. The third-order valence-electron chi connectivity index (χ3n) is 4.40. The first-order valence-electron chi connectivity index (χ1n) is 8.11. The van der Waals surface area contributed by atoms with Crippen molar-refractivity contribution in [3.8, 4) is 0 Å². The number of aryl methyl sites for hydroxylation is 1. The van der Waals surface area contributed by atoms with Gasteiger partial charge in [0.2, 0.25) is 5.56 Å². The van der Waals surface area contributed by atoms with Crippen LogP contribution in [0, 0.1) is 0 Å². The molecule has 24 heavy (non-hydrogen) atoms. The fraction of sp³-hybridized carbons (Fsp3) is 0.375. The van der Waals surface area contributed by atoms with E-state index in [1.807, 2.05) is 17.0 Å². The van der Waals surface area contributed by atoms with Gasteiger partial charge in [0.1, 0.15) is 12.1 Å². The number of hydrogen-bond acceptors (Lipinski definition) is 6. The molecule has 0 spiro atoms. The van der Waals surface area contributed by atoms with Crippen LogP contribution in [0.4, 0.5) is 11.6 Å². The molecule has 0 radical (unpaired) electrons. The van der Waals surface area contributed by atoms with Crippen molar-refractivity contribution in [1.29, 1.82) is 0 Å². The second-order valence-electron chi connectivity index (χ2n) is 5.77. The number of hydrogen-bond donors (Lipinski definition) is 1. The van der Waals surface area contributed by atoms with Crippen LogP contribution in [-0.2, 0) is 6.54 Å². The summed E-state index contributed by atoms with van der Waals surface area (Å²) in [5, 5.41) is 0. The molecule has 4 rings (SSSR count). The van der Waals surface area contributed by atoms with Crippen LogP contribution in [0.3, 0.4) is 0 Å². The molecule has 0 unspecified atom stereocenters. The van der Waals surface area contributed by atoms with E-state index >= 15 is 0 Å². The Labute approximate surface area is 138 Å². The molecule has 4 heterocycles. The molecule has 1 saturated heterocycles. The zero-order valence-electron chi connectivity index (χ0n) is 13.5. The summed E-state index contributed by atoms with van der Waals surface area (Å²) < 4.78 is 2.02. The number of nitrogens with zero attached hydrogens (tertiary/aromatic N) is 6. The highest BCUT2D eigenvalue weighted by Crippen LogP contribution is 2.23. The Morgan fingerprint density at radius 2 is 1.88 bits per heavy atom. The minimum Gasteiger partial charge on any atom is -0.355 e. The number of H-pyrrole nitrogens is 1. The number of imidazole rings is 1. The van der Waals surface area contributed by atoms with E-state index in [1.165, 1.54) is 6.07 Å². The molecular weight excluding hydrogens is 306 g/mol. The quantitative estimate of drug-likeness (QED) is 0.769. The first-order chi connectivity index (χ1) is 11.8. The molecule has 1 aliphatic rings. The molecule has 1 N–H and O–H groups in total. The van der Waals surface area contributed by atoms with Crippen LogP contribution in [-0.4, -0.2) is 50.7 Å². The molecule has 3 aromatic heterocycles. The van der Waals surface area contributed by atoms with Gasteiger partial charge in [-0.05, 0) is 13.0 Å². The van der Waals surface area contributed by atoms with E-state index in [1.54, 1.807) is 12.4 Å². The number of anilines is 2. The fourth-order valence-electron chi connectivity index (χ4n) is 3.11. The van der Waals surface area contributed by atoms with Crippen LogP contribution >= 0.6 is 0 Å². The maximum absolute atomic E-state index is 11.5. The van der Waals surface area contributed by atoms with Gasteiger partial charge in [0.05, 0.1) is 6.33 Å². The standard InChI is InChI=1S/C16H19N7O/c1-2-21-11-19-14-15(21)17-10-18-16(14)23-8-6-22(7-9-23)12-4-3-5-13(24)20-12/h3-5,10-11H,2,6-9H2,1H3,(H,20,24). The van der Waals surface area contributed by atoms with Crippen LogP contribution in [0.1, 0.15) is 6.92 Å². The Balaban J connectivity index is 1.56. The molecule has 3 aromatic rings. The first-order valence-corrected chi connectivity index (χ1v) is 8.11. The Bertz CT molecular complexity index is 908. The summed E-state index contributed by atoms with van der Waals surface area (Å²) in [4.78, 5) is 32.1. The van der Waals surface area contributed by atoms with E-state index in [0.29, 0.717) is 0 Å². The van der Waals surface area contributed by atoms with Crippen molar-refractivity contribution in [2.75, 3.05) is 36.0 Å². The molecule has 8 heteroatoms. The van der Waals surface area contributed by atoms with Crippen molar-refractivity contribution < 1.29 is 0 Å². The monoisotopic (exact) mass is 325 g/mol. The molecule has 0 atom stereocenters. The smallest absolute Gasteiger partial charge is 0.249 e. The van der Waals surface area contributed by atoms with E-state index in [0.717, 1.165) is 55.5 Å². The Hall–Kier alpha value is -2.90. The molecule has 0 aliphatic carbocycles. The molecule has 1 aliphatic heterocycles. The molecule has 0 bridgehead atoms. The lowest BCUT2D eigenvalue weighted by molar-refractivity contribution is 0.642. The Morgan fingerprint density at radius 3 is 2.62 bits per heavy atom. The maximum Gasteiger partial charge on any atom is 0.249 e. The average Bonchev–Trinajstić information content (AvgIpc) is 3.05. The normalized spacial score (nSPS) is 15.2. The molecule has 0 amide bonds. The zero-order valence-corrected chi connectivity index (χ0v) is 13.5. The van der Waals surface area contributed by atoms with Crippen LogP contribution in [0.25, 0.3) is 11.2 Å². The molecule has 8 nitrogen and oxygen atoms in total. The lowest BCUT2D eigenvalue weighted by Gasteiger charge is -2.36. The lowest BCUT2D eigenvalue weighted by atomic mass is 10.3.